The standard InChI is InChI=1S/C15H10F5NO4S/c16-9-10(17)12(19)14(13(20)11(9)18)21(25-15(22)6-7-15)26(23,24)8-4-2-1-3-5-8/h1-5,22H,6-7H2. The second kappa shape index (κ2) is 6.18. The zero-order valence-electron chi connectivity index (χ0n) is 12.7. The molecule has 0 heterocycles. The lowest BCUT2D eigenvalue weighted by molar-refractivity contribution is -0.120. The molecule has 2 aromatic carbocycles. The predicted molar refractivity (Wildman–Crippen MR) is 77.6 cm³/mol. The molecule has 1 aliphatic carbocycles. The van der Waals surface area contributed by atoms with Gasteiger partial charge in [-0.25, -0.2) is 26.8 Å². The van der Waals surface area contributed by atoms with Crippen LogP contribution in [-0.2, 0) is 14.9 Å². The molecule has 1 fully saturated rings. The maximum Gasteiger partial charge on any atom is 0.287 e. The monoisotopic (exact) mass is 395 g/mol. The molecule has 0 aliphatic heterocycles. The van der Waals surface area contributed by atoms with Crippen molar-refractivity contribution in [3.05, 3.63) is 59.4 Å². The van der Waals surface area contributed by atoms with Crippen LogP contribution in [0.4, 0.5) is 27.6 Å². The van der Waals surface area contributed by atoms with Gasteiger partial charge in [-0.05, 0) is 12.1 Å². The molecule has 140 valence electrons. The van der Waals surface area contributed by atoms with Gasteiger partial charge in [0.2, 0.25) is 5.82 Å². The Morgan fingerprint density at radius 3 is 1.81 bits per heavy atom. The summed E-state index contributed by atoms with van der Waals surface area (Å²) >= 11 is 0. The summed E-state index contributed by atoms with van der Waals surface area (Å²) in [5, 5.41) is 9.81. The molecule has 26 heavy (non-hydrogen) atoms. The fourth-order valence-corrected chi connectivity index (χ4v) is 3.34. The van der Waals surface area contributed by atoms with E-state index in [1.54, 1.807) is 0 Å². The molecule has 1 saturated carbocycles. The van der Waals surface area contributed by atoms with Crippen molar-refractivity contribution in [2.45, 2.75) is 23.5 Å². The Morgan fingerprint density at radius 2 is 1.35 bits per heavy atom. The Balaban J connectivity index is 2.24. The third kappa shape index (κ3) is 3.02. The highest BCUT2D eigenvalue weighted by Gasteiger charge is 2.49. The fourth-order valence-electron chi connectivity index (χ4n) is 2.01. The average molecular weight is 395 g/mol. The second-order valence-corrected chi connectivity index (χ2v) is 7.25. The summed E-state index contributed by atoms with van der Waals surface area (Å²) in [6, 6.07) is 6.03. The first-order valence-electron chi connectivity index (χ1n) is 7.12. The van der Waals surface area contributed by atoms with E-state index in [9.17, 15) is 35.5 Å². The molecular weight excluding hydrogens is 385 g/mol. The summed E-state index contributed by atoms with van der Waals surface area (Å²) in [6.07, 6.45) is -0.188. The quantitative estimate of drug-likeness (QED) is 0.278. The Hall–Kier alpha value is -2.24. The number of sulfonamides is 1. The minimum atomic E-state index is -4.92. The number of hydrogen-bond acceptors (Lipinski definition) is 4. The summed E-state index contributed by atoms with van der Waals surface area (Å²) in [7, 11) is -4.92. The molecular formula is C15H10F5NO4S. The number of hydrogen-bond donors (Lipinski definition) is 1. The highest BCUT2D eigenvalue weighted by Crippen LogP contribution is 2.42. The Labute approximate surface area is 144 Å². The van der Waals surface area contributed by atoms with Crippen LogP contribution in [0, 0.1) is 29.1 Å². The topological polar surface area (TPSA) is 66.8 Å². The van der Waals surface area contributed by atoms with Gasteiger partial charge >= 0.3 is 0 Å². The summed E-state index contributed by atoms with van der Waals surface area (Å²) in [6.45, 7) is 0. The molecule has 5 nitrogen and oxygen atoms in total. The van der Waals surface area contributed by atoms with E-state index in [1.807, 2.05) is 0 Å². The molecule has 11 heteroatoms. The van der Waals surface area contributed by atoms with Crippen LogP contribution in [0.3, 0.4) is 0 Å². The lowest BCUT2D eigenvalue weighted by Gasteiger charge is -2.26. The van der Waals surface area contributed by atoms with E-state index in [0.29, 0.717) is 0 Å². The Bertz CT molecular complexity index is 935. The molecule has 0 spiro atoms. The van der Waals surface area contributed by atoms with Crippen molar-refractivity contribution in [3.63, 3.8) is 0 Å². The van der Waals surface area contributed by atoms with Gasteiger partial charge in [0, 0.05) is 12.8 Å². The van der Waals surface area contributed by atoms with Crippen LogP contribution in [0.25, 0.3) is 0 Å². The molecule has 0 amide bonds. The van der Waals surface area contributed by atoms with Gasteiger partial charge in [-0.3, -0.25) is 0 Å². The molecule has 1 aliphatic rings. The number of benzene rings is 2. The van der Waals surface area contributed by atoms with Gasteiger partial charge in [0.15, 0.2) is 34.7 Å². The minimum absolute atomic E-state index is 0.0940. The molecule has 0 aromatic heterocycles. The van der Waals surface area contributed by atoms with Gasteiger partial charge in [-0.1, -0.05) is 18.2 Å². The number of halogens is 5. The number of anilines is 1. The predicted octanol–water partition coefficient (Wildman–Crippen LogP) is 2.99. The zero-order valence-corrected chi connectivity index (χ0v) is 13.5. The lowest BCUT2D eigenvalue weighted by Crippen LogP contribution is -2.38. The van der Waals surface area contributed by atoms with Crippen LogP contribution in [0.1, 0.15) is 12.8 Å². The maximum atomic E-state index is 14.1. The van der Waals surface area contributed by atoms with Crippen molar-refractivity contribution < 1.29 is 40.3 Å². The third-order valence-electron chi connectivity index (χ3n) is 3.56. The summed E-state index contributed by atoms with van der Waals surface area (Å²) in [5.74, 6) is -14.1. The van der Waals surface area contributed by atoms with Gasteiger partial charge in [-0.2, -0.15) is 8.42 Å². The van der Waals surface area contributed by atoms with Crippen LogP contribution in [0.15, 0.2) is 35.2 Å². The van der Waals surface area contributed by atoms with Gasteiger partial charge in [0.05, 0.1) is 4.90 Å². The first kappa shape index (κ1) is 18.5. The zero-order chi connectivity index (χ0) is 19.3. The van der Waals surface area contributed by atoms with Crippen LogP contribution < -0.4 is 4.47 Å². The number of nitrogens with zero attached hydrogens (tertiary/aromatic N) is 1. The van der Waals surface area contributed by atoms with E-state index in [4.69, 9.17) is 4.84 Å². The minimum Gasteiger partial charge on any atom is -0.364 e. The van der Waals surface area contributed by atoms with E-state index in [-0.39, 0.29) is 12.8 Å². The maximum absolute atomic E-state index is 14.1. The second-order valence-electron chi connectivity index (χ2n) is 5.50. The molecule has 3 rings (SSSR count). The molecule has 0 radical (unpaired) electrons. The van der Waals surface area contributed by atoms with Gasteiger partial charge in [-0.15, -0.1) is 4.47 Å². The third-order valence-corrected chi connectivity index (χ3v) is 5.12. The van der Waals surface area contributed by atoms with Crippen molar-refractivity contribution in [2.24, 2.45) is 0 Å². The van der Waals surface area contributed by atoms with Crippen LogP contribution in [0.2, 0.25) is 0 Å². The van der Waals surface area contributed by atoms with Crippen molar-refractivity contribution in [1.82, 2.24) is 0 Å². The highest BCUT2D eigenvalue weighted by molar-refractivity contribution is 7.92. The first-order valence-corrected chi connectivity index (χ1v) is 8.56. The van der Waals surface area contributed by atoms with Crippen molar-refractivity contribution >= 4 is 15.7 Å². The molecule has 1 N–H and O–H groups in total. The summed E-state index contributed by atoms with van der Waals surface area (Å²) in [4.78, 5) is 4.18. The molecule has 0 bridgehead atoms. The largest absolute Gasteiger partial charge is 0.364 e. The summed E-state index contributed by atoms with van der Waals surface area (Å²) < 4.78 is 93.3. The van der Waals surface area contributed by atoms with Crippen molar-refractivity contribution in [2.75, 3.05) is 4.47 Å². The van der Waals surface area contributed by atoms with E-state index < -0.39 is 59.9 Å². The van der Waals surface area contributed by atoms with Crippen molar-refractivity contribution in [3.8, 4) is 0 Å². The first-order chi connectivity index (χ1) is 12.1. The smallest absolute Gasteiger partial charge is 0.287 e. The SMILES string of the molecule is O=S(=O)(c1ccccc1)N(OC1(O)CC1)c1c(F)c(F)c(F)c(F)c1F. The Kier molecular flexibility index (Phi) is 4.41. The van der Waals surface area contributed by atoms with Gasteiger partial charge in [0.1, 0.15) is 0 Å². The summed E-state index contributed by atoms with van der Waals surface area (Å²) in [5.41, 5.74) is -1.84. The Morgan fingerprint density at radius 1 is 0.885 bits per heavy atom. The fraction of sp³-hybridized carbons (Fsp3) is 0.200. The van der Waals surface area contributed by atoms with E-state index >= 15 is 0 Å². The molecule has 0 atom stereocenters. The number of aliphatic hydroxyl groups is 1. The molecule has 0 saturated heterocycles. The van der Waals surface area contributed by atoms with Crippen LogP contribution in [0.5, 0.6) is 0 Å². The lowest BCUT2D eigenvalue weighted by atomic mass is 10.2. The van der Waals surface area contributed by atoms with E-state index in [1.165, 1.54) is 18.2 Å². The molecule has 2 aromatic rings. The van der Waals surface area contributed by atoms with Crippen LogP contribution in [-0.4, -0.2) is 19.3 Å². The highest BCUT2D eigenvalue weighted by atomic mass is 32.2. The average Bonchev–Trinajstić information content (AvgIpc) is 3.35. The van der Waals surface area contributed by atoms with Gasteiger partial charge < -0.3 is 5.11 Å². The van der Waals surface area contributed by atoms with E-state index in [0.717, 1.165) is 12.1 Å². The van der Waals surface area contributed by atoms with Crippen LogP contribution >= 0.6 is 0 Å². The van der Waals surface area contributed by atoms with E-state index in [2.05, 4.69) is 0 Å². The molecule has 0 unspecified atom stereocenters. The normalized spacial score (nSPS) is 15.8. The van der Waals surface area contributed by atoms with Crippen molar-refractivity contribution in [1.29, 1.82) is 0 Å². The number of rotatable bonds is 5. The van der Waals surface area contributed by atoms with Gasteiger partial charge in [0.25, 0.3) is 10.0 Å².